The number of carbonyl (C=O) groups is 1. The second kappa shape index (κ2) is 8.48. The van der Waals surface area contributed by atoms with Crippen molar-refractivity contribution in [2.24, 2.45) is 0 Å². The average Bonchev–Trinajstić information content (AvgIpc) is 2.91. The second-order valence-corrected chi connectivity index (χ2v) is 5.73. The Bertz CT molecular complexity index is 812. The van der Waals surface area contributed by atoms with Gasteiger partial charge in [0.15, 0.2) is 18.1 Å². The molecule has 0 aliphatic rings. The number of hydrogen-bond acceptors (Lipinski definition) is 6. The lowest BCUT2D eigenvalue weighted by molar-refractivity contribution is -0.385. The second-order valence-electron chi connectivity index (χ2n) is 5.73. The van der Waals surface area contributed by atoms with E-state index in [-0.39, 0.29) is 23.8 Å². The molecule has 140 valence electrons. The van der Waals surface area contributed by atoms with Gasteiger partial charge in [0.05, 0.1) is 24.7 Å². The Morgan fingerprint density at radius 2 is 1.92 bits per heavy atom. The van der Waals surface area contributed by atoms with Crippen molar-refractivity contribution in [3.8, 4) is 11.5 Å². The SMILES string of the molecule is COCCn1c(C)cc(C(=O)COc2cc([N+](=O)[O-])ccc2OC)c1C. The van der Waals surface area contributed by atoms with E-state index in [1.165, 1.54) is 25.3 Å². The lowest BCUT2D eigenvalue weighted by Gasteiger charge is -2.11. The molecule has 0 saturated carbocycles. The highest BCUT2D eigenvalue weighted by Gasteiger charge is 2.18. The number of non-ortho nitro benzene ring substituents is 1. The first kappa shape index (κ1) is 19.5. The van der Waals surface area contributed by atoms with Gasteiger partial charge in [0.25, 0.3) is 5.69 Å². The molecule has 0 atom stereocenters. The van der Waals surface area contributed by atoms with Crippen LogP contribution in [0.3, 0.4) is 0 Å². The number of hydrogen-bond donors (Lipinski definition) is 0. The van der Waals surface area contributed by atoms with Gasteiger partial charge in [0.1, 0.15) is 0 Å². The highest BCUT2D eigenvalue weighted by atomic mass is 16.6. The molecule has 2 aromatic rings. The normalized spacial score (nSPS) is 10.6. The number of nitro benzene ring substituents is 1. The van der Waals surface area contributed by atoms with Crippen LogP contribution in [-0.2, 0) is 11.3 Å². The van der Waals surface area contributed by atoms with Crippen LogP contribution in [0.4, 0.5) is 5.69 Å². The number of ether oxygens (including phenoxy) is 3. The van der Waals surface area contributed by atoms with Crippen molar-refractivity contribution < 1.29 is 23.9 Å². The molecule has 0 N–H and O–H groups in total. The summed E-state index contributed by atoms with van der Waals surface area (Å²) in [5.74, 6) is 0.271. The maximum atomic E-state index is 12.6. The number of nitrogens with zero attached hydrogens (tertiary/aromatic N) is 2. The lowest BCUT2D eigenvalue weighted by Crippen LogP contribution is -2.14. The number of methoxy groups -OCH3 is 2. The zero-order valence-electron chi connectivity index (χ0n) is 15.3. The number of nitro groups is 1. The number of benzene rings is 1. The fraction of sp³-hybridized carbons (Fsp3) is 0.389. The Kier molecular flexibility index (Phi) is 6.35. The van der Waals surface area contributed by atoms with Gasteiger partial charge in [-0.2, -0.15) is 0 Å². The van der Waals surface area contributed by atoms with E-state index in [0.717, 1.165) is 11.4 Å². The fourth-order valence-corrected chi connectivity index (χ4v) is 2.72. The van der Waals surface area contributed by atoms with Crippen molar-refractivity contribution >= 4 is 11.5 Å². The van der Waals surface area contributed by atoms with Crippen LogP contribution < -0.4 is 9.47 Å². The first-order valence-electron chi connectivity index (χ1n) is 8.03. The maximum absolute atomic E-state index is 12.6. The lowest BCUT2D eigenvalue weighted by atomic mass is 10.1. The molecule has 0 aliphatic carbocycles. The van der Waals surface area contributed by atoms with Gasteiger partial charge in [0.2, 0.25) is 5.78 Å². The fourth-order valence-electron chi connectivity index (χ4n) is 2.72. The molecule has 8 heteroatoms. The summed E-state index contributed by atoms with van der Waals surface area (Å²) in [6, 6.07) is 5.81. The van der Waals surface area contributed by atoms with E-state index in [4.69, 9.17) is 14.2 Å². The summed E-state index contributed by atoms with van der Waals surface area (Å²) in [6.07, 6.45) is 0. The molecule has 0 unspecified atom stereocenters. The molecule has 1 heterocycles. The molecule has 0 bridgehead atoms. The number of aryl methyl sites for hydroxylation is 1. The molecule has 0 spiro atoms. The van der Waals surface area contributed by atoms with Crippen LogP contribution in [0.2, 0.25) is 0 Å². The maximum Gasteiger partial charge on any atom is 0.273 e. The predicted octanol–water partition coefficient (Wildman–Crippen LogP) is 2.93. The van der Waals surface area contributed by atoms with Gasteiger partial charge in [0, 0.05) is 36.7 Å². The molecule has 1 aromatic heterocycles. The number of rotatable bonds is 9. The molecule has 0 fully saturated rings. The third kappa shape index (κ3) is 4.20. The Labute approximate surface area is 151 Å². The summed E-state index contributed by atoms with van der Waals surface area (Å²) in [7, 11) is 3.06. The summed E-state index contributed by atoms with van der Waals surface area (Å²) >= 11 is 0. The van der Waals surface area contributed by atoms with Crippen molar-refractivity contribution in [2.75, 3.05) is 27.4 Å². The van der Waals surface area contributed by atoms with Gasteiger partial charge in [-0.15, -0.1) is 0 Å². The molecule has 2 rings (SSSR count). The molecule has 0 aliphatic heterocycles. The highest BCUT2D eigenvalue weighted by molar-refractivity contribution is 5.98. The van der Waals surface area contributed by atoms with E-state index in [1.54, 1.807) is 13.2 Å². The Hall–Kier alpha value is -2.87. The molecule has 1 aromatic carbocycles. The topological polar surface area (TPSA) is 92.8 Å². The Morgan fingerprint density at radius 1 is 1.19 bits per heavy atom. The Balaban J connectivity index is 2.16. The first-order valence-corrected chi connectivity index (χ1v) is 8.03. The van der Waals surface area contributed by atoms with Crippen molar-refractivity contribution in [1.29, 1.82) is 0 Å². The summed E-state index contributed by atoms with van der Waals surface area (Å²) in [4.78, 5) is 22.9. The Morgan fingerprint density at radius 3 is 2.54 bits per heavy atom. The van der Waals surface area contributed by atoms with Crippen molar-refractivity contribution in [3.63, 3.8) is 0 Å². The van der Waals surface area contributed by atoms with E-state index in [1.807, 2.05) is 18.4 Å². The van der Waals surface area contributed by atoms with Gasteiger partial charge < -0.3 is 18.8 Å². The quantitative estimate of drug-likeness (QED) is 0.387. The third-order valence-corrected chi connectivity index (χ3v) is 4.11. The molecular formula is C18H22N2O6. The van der Waals surface area contributed by atoms with E-state index in [2.05, 4.69) is 0 Å². The number of ketones is 1. The van der Waals surface area contributed by atoms with Gasteiger partial charge >= 0.3 is 0 Å². The van der Waals surface area contributed by atoms with Crippen molar-refractivity contribution in [2.45, 2.75) is 20.4 Å². The van der Waals surface area contributed by atoms with Crippen LogP contribution in [0, 0.1) is 24.0 Å². The van der Waals surface area contributed by atoms with Crippen LogP contribution in [0.15, 0.2) is 24.3 Å². The monoisotopic (exact) mass is 362 g/mol. The molecule has 0 saturated heterocycles. The smallest absolute Gasteiger partial charge is 0.273 e. The first-order chi connectivity index (χ1) is 12.4. The van der Waals surface area contributed by atoms with Gasteiger partial charge in [-0.05, 0) is 26.0 Å². The zero-order valence-corrected chi connectivity index (χ0v) is 15.3. The molecule has 26 heavy (non-hydrogen) atoms. The highest BCUT2D eigenvalue weighted by Crippen LogP contribution is 2.31. The molecule has 0 radical (unpaired) electrons. The standard InChI is InChI=1S/C18H22N2O6/c1-12-9-15(13(2)19(12)7-8-24-3)16(21)11-26-18-10-14(20(22)23)5-6-17(18)25-4/h5-6,9-10H,7-8,11H2,1-4H3. The van der Waals surface area contributed by atoms with E-state index in [9.17, 15) is 14.9 Å². The summed E-state index contributed by atoms with van der Waals surface area (Å²) < 4.78 is 17.7. The van der Waals surface area contributed by atoms with Gasteiger partial charge in [-0.3, -0.25) is 14.9 Å². The van der Waals surface area contributed by atoms with Crippen LogP contribution in [0.1, 0.15) is 21.7 Å². The molecule has 0 amide bonds. The largest absolute Gasteiger partial charge is 0.493 e. The summed E-state index contributed by atoms with van der Waals surface area (Å²) in [5.41, 5.74) is 2.21. The average molecular weight is 362 g/mol. The van der Waals surface area contributed by atoms with Crippen molar-refractivity contribution in [1.82, 2.24) is 4.57 Å². The van der Waals surface area contributed by atoms with E-state index < -0.39 is 4.92 Å². The predicted molar refractivity (Wildman–Crippen MR) is 95.3 cm³/mol. The minimum atomic E-state index is -0.530. The molecular weight excluding hydrogens is 340 g/mol. The van der Waals surface area contributed by atoms with Crippen LogP contribution in [0.25, 0.3) is 0 Å². The molecule has 8 nitrogen and oxygen atoms in total. The minimum absolute atomic E-state index is 0.133. The van der Waals surface area contributed by atoms with Crippen molar-refractivity contribution in [3.05, 3.63) is 51.3 Å². The van der Waals surface area contributed by atoms with Crippen LogP contribution in [0.5, 0.6) is 11.5 Å². The minimum Gasteiger partial charge on any atom is -0.493 e. The number of aromatic nitrogens is 1. The van der Waals surface area contributed by atoms with Gasteiger partial charge in [-0.25, -0.2) is 0 Å². The summed E-state index contributed by atoms with van der Waals surface area (Å²) in [6.45, 7) is 4.74. The van der Waals surface area contributed by atoms with Crippen LogP contribution in [-0.4, -0.2) is 42.7 Å². The summed E-state index contributed by atoms with van der Waals surface area (Å²) in [5, 5.41) is 10.9. The zero-order chi connectivity index (χ0) is 19.3. The third-order valence-electron chi connectivity index (χ3n) is 4.11. The number of carbonyl (C=O) groups excluding carboxylic acids is 1. The van der Waals surface area contributed by atoms with Crippen LogP contribution >= 0.6 is 0 Å². The van der Waals surface area contributed by atoms with E-state index >= 15 is 0 Å². The van der Waals surface area contributed by atoms with E-state index in [0.29, 0.717) is 24.5 Å². The van der Waals surface area contributed by atoms with Gasteiger partial charge in [-0.1, -0.05) is 0 Å². The number of Topliss-reactive ketones (excluding diaryl/α,β-unsaturated/α-hetero) is 1.